The molecule has 292 valence electrons. The molecule has 2 aliphatic heterocycles. The molecular formula is C41H56O12. The van der Waals surface area contributed by atoms with Crippen molar-refractivity contribution in [3.8, 4) is 0 Å². The molecular weight excluding hydrogens is 684 g/mol. The Morgan fingerprint density at radius 1 is 0.943 bits per heavy atom. The van der Waals surface area contributed by atoms with Crippen molar-refractivity contribution in [1.29, 1.82) is 0 Å². The Bertz CT molecular complexity index is 1630. The number of ether oxygens (including phenoxy) is 6. The van der Waals surface area contributed by atoms with Crippen LogP contribution in [0.1, 0.15) is 106 Å². The SMILES string of the molecule is C=C1C[C@@]2(O)C3CC[C@]4(C)C(CC[C@@]5(C(C)OC(=O)C6CCCCC6)COC(=O)C=C[C@H]54)[C@@]3(C)[C@H](OC(C)=O)[C@H](OC(C)=O)[C@@]2(C)[C@]2(C(=O)OC)O[C@H]12. The summed E-state index contributed by atoms with van der Waals surface area (Å²) in [6.45, 7) is 14.7. The molecule has 0 aromatic rings. The lowest BCUT2D eigenvalue weighted by molar-refractivity contribution is -0.336. The average Bonchev–Trinajstić information content (AvgIpc) is 3.90. The normalized spacial score (nSPS) is 46.3. The maximum absolute atomic E-state index is 13.8. The highest BCUT2D eigenvalue weighted by Crippen LogP contribution is 2.78. The first kappa shape index (κ1) is 38.0. The van der Waals surface area contributed by atoms with E-state index in [0.29, 0.717) is 31.3 Å². The minimum absolute atomic E-state index is 0.0662. The predicted molar refractivity (Wildman–Crippen MR) is 187 cm³/mol. The second-order valence-electron chi connectivity index (χ2n) is 17.9. The van der Waals surface area contributed by atoms with Crippen LogP contribution < -0.4 is 0 Å². The molecule has 0 bridgehead atoms. The van der Waals surface area contributed by atoms with Gasteiger partial charge in [-0.15, -0.1) is 0 Å². The molecule has 12 nitrogen and oxygen atoms in total. The summed E-state index contributed by atoms with van der Waals surface area (Å²) in [6, 6.07) is 0. The minimum Gasteiger partial charge on any atom is -0.467 e. The molecule has 13 atom stereocenters. The first-order valence-electron chi connectivity index (χ1n) is 19.4. The van der Waals surface area contributed by atoms with Crippen molar-refractivity contribution >= 4 is 29.8 Å². The molecule has 53 heavy (non-hydrogen) atoms. The zero-order valence-corrected chi connectivity index (χ0v) is 32.2. The molecule has 12 heteroatoms. The number of hydrogen-bond acceptors (Lipinski definition) is 12. The molecule has 7 rings (SSSR count). The molecule has 0 amide bonds. The Balaban J connectivity index is 1.36. The van der Waals surface area contributed by atoms with Gasteiger partial charge in [0.05, 0.1) is 24.0 Å². The fourth-order valence-electron chi connectivity index (χ4n) is 13.3. The van der Waals surface area contributed by atoms with Gasteiger partial charge in [-0.05, 0) is 81.1 Å². The highest BCUT2D eigenvalue weighted by Gasteiger charge is 2.90. The highest BCUT2D eigenvalue weighted by molar-refractivity contribution is 5.87. The fraction of sp³-hybridized carbons (Fsp3) is 0.780. The molecule has 0 aromatic carbocycles. The van der Waals surface area contributed by atoms with Crippen LogP contribution in [0.3, 0.4) is 0 Å². The van der Waals surface area contributed by atoms with Crippen molar-refractivity contribution in [3.05, 3.63) is 24.3 Å². The number of allylic oxidation sites excluding steroid dienone is 1. The third-order valence-electron chi connectivity index (χ3n) is 15.7. The molecule has 0 aromatic heterocycles. The molecule has 3 unspecified atom stereocenters. The van der Waals surface area contributed by atoms with Crippen molar-refractivity contribution in [2.75, 3.05) is 13.7 Å². The van der Waals surface area contributed by atoms with Crippen LogP contribution in [0.2, 0.25) is 0 Å². The van der Waals surface area contributed by atoms with Gasteiger partial charge in [-0.1, -0.05) is 45.8 Å². The summed E-state index contributed by atoms with van der Waals surface area (Å²) in [4.78, 5) is 66.6. The van der Waals surface area contributed by atoms with E-state index in [4.69, 9.17) is 28.4 Å². The van der Waals surface area contributed by atoms with E-state index in [1.165, 1.54) is 27.0 Å². The summed E-state index contributed by atoms with van der Waals surface area (Å²) in [7, 11) is 1.25. The number of cyclic esters (lactones) is 1. The average molecular weight is 741 g/mol. The number of hydrogen-bond donors (Lipinski definition) is 1. The monoisotopic (exact) mass is 740 g/mol. The molecule has 0 radical (unpaired) electrons. The highest BCUT2D eigenvalue weighted by atomic mass is 16.7. The second-order valence-corrected chi connectivity index (χ2v) is 17.9. The molecule has 1 N–H and O–H groups in total. The maximum Gasteiger partial charge on any atom is 0.342 e. The number of methoxy groups -OCH3 is 1. The van der Waals surface area contributed by atoms with Crippen LogP contribution in [-0.2, 0) is 52.4 Å². The van der Waals surface area contributed by atoms with Crippen molar-refractivity contribution in [2.24, 2.45) is 45.3 Å². The van der Waals surface area contributed by atoms with E-state index in [9.17, 15) is 29.1 Å². The number of esters is 5. The molecule has 2 heterocycles. The van der Waals surface area contributed by atoms with Crippen LogP contribution in [-0.4, -0.2) is 84.3 Å². The van der Waals surface area contributed by atoms with Crippen LogP contribution in [0.4, 0.5) is 0 Å². The van der Waals surface area contributed by atoms with E-state index in [2.05, 4.69) is 13.5 Å². The third kappa shape index (κ3) is 5.02. The Kier molecular flexibility index (Phi) is 9.08. The van der Waals surface area contributed by atoms with Crippen molar-refractivity contribution in [3.63, 3.8) is 0 Å². The Morgan fingerprint density at radius 3 is 2.23 bits per heavy atom. The van der Waals surface area contributed by atoms with Gasteiger partial charge in [0.15, 0.2) is 6.10 Å². The molecule has 6 fully saturated rings. The van der Waals surface area contributed by atoms with Crippen LogP contribution in [0.15, 0.2) is 24.3 Å². The number of carbonyl (C=O) groups excluding carboxylic acids is 5. The molecule has 0 spiro atoms. The second kappa shape index (κ2) is 12.6. The third-order valence-corrected chi connectivity index (χ3v) is 15.7. The van der Waals surface area contributed by atoms with Gasteiger partial charge in [-0.2, -0.15) is 0 Å². The predicted octanol–water partition coefficient (Wildman–Crippen LogP) is 4.93. The van der Waals surface area contributed by atoms with Crippen LogP contribution >= 0.6 is 0 Å². The van der Waals surface area contributed by atoms with Gasteiger partial charge in [0.2, 0.25) is 5.60 Å². The number of aliphatic hydroxyl groups is 1. The van der Waals surface area contributed by atoms with Gasteiger partial charge >= 0.3 is 29.8 Å². The Labute approximate surface area is 311 Å². The molecule has 5 aliphatic carbocycles. The van der Waals surface area contributed by atoms with E-state index >= 15 is 0 Å². The summed E-state index contributed by atoms with van der Waals surface area (Å²) < 4.78 is 36.2. The topological polar surface area (TPSA) is 164 Å². The van der Waals surface area contributed by atoms with Gasteiger partial charge in [0, 0.05) is 37.2 Å². The smallest absolute Gasteiger partial charge is 0.342 e. The van der Waals surface area contributed by atoms with E-state index < -0.39 is 87.1 Å². The Morgan fingerprint density at radius 2 is 1.58 bits per heavy atom. The lowest BCUT2D eigenvalue weighted by Crippen LogP contribution is -2.82. The standard InChI is InChI=1S/C41H56O12/c1-22-20-40(47)29-16-18-36(5)27(17-19-39(21-49-30(44)15-14-28(36)39)23(2)50-34(45)26-12-10-9-11-13-26)37(29,6)32(51-24(3)42)33(52-25(4)43)38(40,7)41(31(22)53-41)35(46)48-8/h14-15,23,26-29,31-33,47H,1,9-13,16-21H2,2-8H3/t23?,27?,28-,29?,31+,32+,33-,36+,37+,38+,39-,40+,41-/m0/s1. The lowest BCUT2D eigenvalue weighted by atomic mass is 9.32. The summed E-state index contributed by atoms with van der Waals surface area (Å²) in [5.41, 5.74) is -6.90. The summed E-state index contributed by atoms with van der Waals surface area (Å²) in [6.07, 6.45) is 6.42. The number of fused-ring (bicyclic) bond motifs is 9. The molecule has 5 saturated carbocycles. The van der Waals surface area contributed by atoms with E-state index in [0.717, 1.165) is 32.1 Å². The van der Waals surface area contributed by atoms with E-state index in [1.807, 2.05) is 19.9 Å². The first-order chi connectivity index (χ1) is 24.9. The van der Waals surface area contributed by atoms with Gasteiger partial charge in [0.25, 0.3) is 0 Å². The number of carbonyl (C=O) groups is 5. The number of epoxide rings is 1. The van der Waals surface area contributed by atoms with Crippen molar-refractivity contribution in [1.82, 2.24) is 0 Å². The van der Waals surface area contributed by atoms with Crippen LogP contribution in [0.25, 0.3) is 0 Å². The van der Waals surface area contributed by atoms with Gasteiger partial charge in [0.1, 0.15) is 24.9 Å². The van der Waals surface area contributed by atoms with Crippen molar-refractivity contribution in [2.45, 2.75) is 141 Å². The van der Waals surface area contributed by atoms with E-state index in [1.54, 1.807) is 6.92 Å². The summed E-state index contributed by atoms with van der Waals surface area (Å²) in [5, 5.41) is 13.5. The van der Waals surface area contributed by atoms with Crippen LogP contribution in [0.5, 0.6) is 0 Å². The van der Waals surface area contributed by atoms with Crippen LogP contribution in [0, 0.1) is 45.3 Å². The Hall–Kier alpha value is -3.25. The van der Waals surface area contributed by atoms with Gasteiger partial charge in [-0.25, -0.2) is 9.59 Å². The quantitative estimate of drug-likeness (QED) is 0.169. The fourth-order valence-corrected chi connectivity index (χ4v) is 13.3. The maximum atomic E-state index is 13.8. The number of rotatable bonds is 6. The van der Waals surface area contributed by atoms with E-state index in [-0.39, 0.29) is 36.8 Å². The lowest BCUT2D eigenvalue weighted by Gasteiger charge is -2.73. The minimum atomic E-state index is -1.73. The summed E-state index contributed by atoms with van der Waals surface area (Å²) >= 11 is 0. The first-order valence-corrected chi connectivity index (χ1v) is 19.4. The zero-order chi connectivity index (χ0) is 38.5. The van der Waals surface area contributed by atoms with Gasteiger partial charge < -0.3 is 33.5 Å². The van der Waals surface area contributed by atoms with Gasteiger partial charge in [-0.3, -0.25) is 14.4 Å². The molecule has 7 aliphatic rings. The largest absolute Gasteiger partial charge is 0.467 e. The summed E-state index contributed by atoms with van der Waals surface area (Å²) in [5.74, 6) is -4.00. The molecule has 1 saturated heterocycles. The van der Waals surface area contributed by atoms with Crippen molar-refractivity contribution < 1.29 is 57.5 Å². The zero-order valence-electron chi connectivity index (χ0n) is 32.2.